The summed E-state index contributed by atoms with van der Waals surface area (Å²) in [5.74, 6) is 0.949. The number of hydrogen-bond donors (Lipinski definition) is 2. The Morgan fingerprint density at radius 1 is 1.29 bits per heavy atom. The molecule has 14 heavy (non-hydrogen) atoms. The molecule has 1 fully saturated rings. The minimum Gasteiger partial charge on any atom is -0.368 e. The van der Waals surface area contributed by atoms with Crippen molar-refractivity contribution in [3.05, 3.63) is 17.0 Å². The van der Waals surface area contributed by atoms with E-state index in [1.807, 2.05) is 13.8 Å². The van der Waals surface area contributed by atoms with Gasteiger partial charge < -0.3 is 11.1 Å². The van der Waals surface area contributed by atoms with Crippen LogP contribution in [0.25, 0.3) is 0 Å². The smallest absolute Gasteiger partial charge is 0.220 e. The van der Waals surface area contributed by atoms with Gasteiger partial charge in [-0.25, -0.2) is 9.97 Å². The molecule has 1 saturated heterocycles. The molecule has 76 valence electrons. The van der Waals surface area contributed by atoms with Crippen LogP contribution in [-0.4, -0.2) is 23.1 Å². The molecular weight excluding hydrogens is 176 g/mol. The van der Waals surface area contributed by atoms with Crippen LogP contribution in [0.3, 0.4) is 0 Å². The van der Waals surface area contributed by atoms with Crippen molar-refractivity contribution < 1.29 is 0 Å². The molecule has 3 N–H and O–H groups in total. The number of aryl methyl sites for hydroxylation is 2. The van der Waals surface area contributed by atoms with E-state index >= 15 is 0 Å². The van der Waals surface area contributed by atoms with Crippen LogP contribution in [0.4, 0.5) is 5.95 Å². The van der Waals surface area contributed by atoms with Crippen molar-refractivity contribution in [3.8, 4) is 0 Å². The molecule has 1 aromatic rings. The predicted octanol–water partition coefficient (Wildman–Crippen LogP) is 0.753. The summed E-state index contributed by atoms with van der Waals surface area (Å²) in [4.78, 5) is 8.44. The summed E-state index contributed by atoms with van der Waals surface area (Å²) in [5.41, 5.74) is 8.93. The van der Waals surface area contributed by atoms with Gasteiger partial charge in [0, 0.05) is 23.9 Å². The first-order valence-corrected chi connectivity index (χ1v) is 5.00. The number of nitrogen functional groups attached to an aromatic ring is 1. The maximum atomic E-state index is 5.59. The lowest BCUT2D eigenvalue weighted by Gasteiger charge is -2.14. The molecule has 0 saturated carbocycles. The predicted molar refractivity (Wildman–Crippen MR) is 56.1 cm³/mol. The van der Waals surface area contributed by atoms with Gasteiger partial charge in [-0.2, -0.15) is 0 Å². The highest BCUT2D eigenvalue weighted by molar-refractivity contribution is 5.34. The Bertz CT molecular complexity index is 319. The van der Waals surface area contributed by atoms with Crippen LogP contribution in [-0.2, 0) is 0 Å². The number of nitrogens with two attached hydrogens (primary N) is 1. The molecule has 0 aromatic carbocycles. The van der Waals surface area contributed by atoms with Crippen molar-refractivity contribution in [1.82, 2.24) is 15.3 Å². The molecule has 1 aromatic heterocycles. The molecule has 0 bridgehead atoms. The number of nitrogens with one attached hydrogen (secondary N) is 1. The van der Waals surface area contributed by atoms with Crippen molar-refractivity contribution in [2.75, 3.05) is 18.8 Å². The summed E-state index contributed by atoms with van der Waals surface area (Å²) in [6, 6.07) is 0. The van der Waals surface area contributed by atoms with Gasteiger partial charge in [0.05, 0.1) is 0 Å². The zero-order valence-electron chi connectivity index (χ0n) is 8.67. The molecule has 4 heteroatoms. The summed E-state index contributed by atoms with van der Waals surface area (Å²) in [5, 5.41) is 3.35. The van der Waals surface area contributed by atoms with E-state index in [1.54, 1.807) is 0 Å². The quantitative estimate of drug-likeness (QED) is 0.689. The summed E-state index contributed by atoms with van der Waals surface area (Å²) in [6.07, 6.45) is 1.18. The topological polar surface area (TPSA) is 63.8 Å². The van der Waals surface area contributed by atoms with Crippen LogP contribution < -0.4 is 11.1 Å². The van der Waals surface area contributed by atoms with Crippen molar-refractivity contribution in [2.24, 2.45) is 0 Å². The standard InChI is InChI=1S/C10H16N4/c1-6-9(8-3-4-12-5-8)7(2)14-10(11)13-6/h8,12H,3-5H2,1-2H3,(H2,11,13,14). The third kappa shape index (κ3) is 1.57. The first kappa shape index (κ1) is 9.40. The number of nitrogens with zero attached hydrogens (tertiary/aromatic N) is 2. The van der Waals surface area contributed by atoms with Crippen molar-refractivity contribution in [3.63, 3.8) is 0 Å². The van der Waals surface area contributed by atoms with Gasteiger partial charge in [0.1, 0.15) is 0 Å². The van der Waals surface area contributed by atoms with Crippen LogP contribution in [0.2, 0.25) is 0 Å². The largest absolute Gasteiger partial charge is 0.368 e. The van der Waals surface area contributed by atoms with E-state index in [9.17, 15) is 0 Å². The van der Waals surface area contributed by atoms with E-state index in [0.717, 1.165) is 24.5 Å². The van der Waals surface area contributed by atoms with Crippen molar-refractivity contribution in [2.45, 2.75) is 26.2 Å². The van der Waals surface area contributed by atoms with Gasteiger partial charge in [-0.3, -0.25) is 0 Å². The SMILES string of the molecule is Cc1nc(N)nc(C)c1C1CCNC1. The van der Waals surface area contributed by atoms with Crippen LogP contribution in [0.1, 0.15) is 29.3 Å². The van der Waals surface area contributed by atoms with E-state index in [1.165, 1.54) is 12.0 Å². The summed E-state index contributed by atoms with van der Waals surface area (Å²) in [6.45, 7) is 6.15. The number of hydrogen-bond acceptors (Lipinski definition) is 4. The molecule has 1 aliphatic heterocycles. The third-order valence-electron chi connectivity index (χ3n) is 2.81. The van der Waals surface area contributed by atoms with Crippen LogP contribution in [0.15, 0.2) is 0 Å². The highest BCUT2D eigenvalue weighted by Gasteiger charge is 2.21. The van der Waals surface area contributed by atoms with Crippen molar-refractivity contribution >= 4 is 5.95 Å². The first-order valence-electron chi connectivity index (χ1n) is 5.00. The number of anilines is 1. The maximum Gasteiger partial charge on any atom is 0.220 e. The number of rotatable bonds is 1. The first-order chi connectivity index (χ1) is 6.68. The monoisotopic (exact) mass is 192 g/mol. The molecule has 4 nitrogen and oxygen atoms in total. The minimum atomic E-state index is 0.384. The Morgan fingerprint density at radius 2 is 1.93 bits per heavy atom. The Kier molecular flexibility index (Phi) is 2.37. The Hall–Kier alpha value is -1.16. The van der Waals surface area contributed by atoms with Crippen molar-refractivity contribution in [1.29, 1.82) is 0 Å². The lowest BCUT2D eigenvalue weighted by Crippen LogP contribution is -2.12. The highest BCUT2D eigenvalue weighted by atomic mass is 15.0. The van der Waals surface area contributed by atoms with E-state index in [4.69, 9.17) is 5.73 Å². The molecule has 1 aliphatic rings. The molecule has 2 heterocycles. The molecule has 1 unspecified atom stereocenters. The Morgan fingerprint density at radius 3 is 2.43 bits per heavy atom. The zero-order valence-corrected chi connectivity index (χ0v) is 8.67. The molecule has 2 rings (SSSR count). The average Bonchev–Trinajstić information content (AvgIpc) is 2.54. The van der Waals surface area contributed by atoms with Gasteiger partial charge in [0.2, 0.25) is 5.95 Å². The summed E-state index contributed by atoms with van der Waals surface area (Å²) in [7, 11) is 0. The van der Waals surface area contributed by atoms with E-state index in [0.29, 0.717) is 11.9 Å². The summed E-state index contributed by atoms with van der Waals surface area (Å²) < 4.78 is 0. The fourth-order valence-electron chi connectivity index (χ4n) is 2.24. The van der Waals surface area contributed by atoms with Gasteiger partial charge in [-0.05, 0) is 32.4 Å². The molecule has 0 amide bonds. The second kappa shape index (κ2) is 3.53. The lowest BCUT2D eigenvalue weighted by atomic mass is 9.96. The fraction of sp³-hybridized carbons (Fsp3) is 0.600. The van der Waals surface area contributed by atoms with Gasteiger partial charge >= 0.3 is 0 Å². The van der Waals surface area contributed by atoms with Gasteiger partial charge in [-0.15, -0.1) is 0 Å². The normalized spacial score (nSPS) is 21.4. The second-order valence-electron chi connectivity index (χ2n) is 3.86. The molecule has 1 atom stereocenters. The van der Waals surface area contributed by atoms with Crippen LogP contribution in [0, 0.1) is 13.8 Å². The Balaban J connectivity index is 2.40. The van der Waals surface area contributed by atoms with E-state index in [2.05, 4.69) is 15.3 Å². The van der Waals surface area contributed by atoms with Gasteiger partial charge in [-0.1, -0.05) is 0 Å². The lowest BCUT2D eigenvalue weighted by molar-refractivity contribution is 0.734. The van der Waals surface area contributed by atoms with Gasteiger partial charge in [0.25, 0.3) is 0 Å². The van der Waals surface area contributed by atoms with Crippen LogP contribution >= 0.6 is 0 Å². The van der Waals surface area contributed by atoms with Crippen LogP contribution in [0.5, 0.6) is 0 Å². The maximum absolute atomic E-state index is 5.59. The van der Waals surface area contributed by atoms with E-state index < -0.39 is 0 Å². The average molecular weight is 192 g/mol. The fourth-order valence-corrected chi connectivity index (χ4v) is 2.24. The minimum absolute atomic E-state index is 0.384. The molecular formula is C10H16N4. The van der Waals surface area contributed by atoms with Gasteiger partial charge in [0.15, 0.2) is 0 Å². The highest BCUT2D eigenvalue weighted by Crippen LogP contribution is 2.26. The Labute approximate surface area is 83.9 Å². The molecule has 0 spiro atoms. The third-order valence-corrected chi connectivity index (χ3v) is 2.81. The number of aromatic nitrogens is 2. The molecule has 0 radical (unpaired) electrons. The summed E-state index contributed by atoms with van der Waals surface area (Å²) >= 11 is 0. The van der Waals surface area contributed by atoms with E-state index in [-0.39, 0.29) is 0 Å². The zero-order chi connectivity index (χ0) is 10.1. The molecule has 0 aliphatic carbocycles. The second-order valence-corrected chi connectivity index (χ2v) is 3.86.